The van der Waals surface area contributed by atoms with Crippen LogP contribution in [0.4, 0.5) is 0 Å². The third-order valence-corrected chi connectivity index (χ3v) is 6.65. The number of aromatic nitrogens is 1. The van der Waals surface area contributed by atoms with Gasteiger partial charge in [-0.2, -0.15) is 0 Å². The van der Waals surface area contributed by atoms with Gasteiger partial charge in [0.1, 0.15) is 18.6 Å². The van der Waals surface area contributed by atoms with Gasteiger partial charge in [-0.3, -0.25) is 19.2 Å². The summed E-state index contributed by atoms with van der Waals surface area (Å²) in [7, 11) is 1.34. The van der Waals surface area contributed by atoms with Gasteiger partial charge >= 0.3 is 23.9 Å². The van der Waals surface area contributed by atoms with E-state index in [0.29, 0.717) is 0 Å². The molecule has 1 fully saturated rings. The average Bonchev–Trinajstić information content (AvgIpc) is 3.03. The molecule has 1 amide bonds. The van der Waals surface area contributed by atoms with Crippen LogP contribution >= 0.6 is 0 Å². The van der Waals surface area contributed by atoms with Crippen LogP contribution in [0, 0.1) is 17.8 Å². The quantitative estimate of drug-likeness (QED) is 0.224. The number of hydrogen-bond donors (Lipinski definition) is 1. The molecule has 1 aromatic carbocycles. The predicted molar refractivity (Wildman–Crippen MR) is 153 cm³/mol. The first-order chi connectivity index (χ1) is 20.9. The zero-order chi connectivity index (χ0) is 32.4. The number of cyclic esters (lactones) is 2. The van der Waals surface area contributed by atoms with E-state index in [-0.39, 0.29) is 23.6 Å². The fourth-order valence-corrected chi connectivity index (χ4v) is 4.18. The number of methoxy groups -OCH3 is 1. The number of carbonyl (C=O) groups excluding carboxylic acids is 5. The molecule has 0 radical (unpaired) electrons. The van der Waals surface area contributed by atoms with E-state index < -0.39 is 79.2 Å². The Morgan fingerprint density at radius 1 is 1.00 bits per heavy atom. The lowest BCUT2D eigenvalue weighted by Gasteiger charge is -2.29. The highest BCUT2D eigenvalue weighted by Crippen LogP contribution is 2.30. The largest absolute Gasteiger partial charge is 0.493 e. The van der Waals surface area contributed by atoms with Crippen molar-refractivity contribution in [3.8, 4) is 11.5 Å². The molecule has 1 aliphatic heterocycles. The summed E-state index contributed by atoms with van der Waals surface area (Å²) in [5.41, 5.74) is 0.487. The average molecular weight is 615 g/mol. The summed E-state index contributed by atoms with van der Waals surface area (Å²) in [6.07, 6.45) is -0.811. The first kappa shape index (κ1) is 33.8. The molecule has 1 aliphatic rings. The van der Waals surface area contributed by atoms with E-state index in [1.54, 1.807) is 39.8 Å². The zero-order valence-electron chi connectivity index (χ0n) is 25.6. The maximum Gasteiger partial charge on any atom is 0.332 e. The minimum atomic E-state index is -1.45. The molecule has 0 bridgehead atoms. The minimum absolute atomic E-state index is 0.112. The second-order valence-electron chi connectivity index (χ2n) is 10.7. The number of amides is 1. The van der Waals surface area contributed by atoms with Crippen molar-refractivity contribution >= 4 is 29.8 Å². The van der Waals surface area contributed by atoms with Crippen LogP contribution in [-0.2, 0) is 44.5 Å². The lowest BCUT2D eigenvalue weighted by molar-refractivity contribution is -0.176. The van der Waals surface area contributed by atoms with Crippen LogP contribution in [0.5, 0.6) is 11.5 Å². The van der Waals surface area contributed by atoms with Gasteiger partial charge in [0.2, 0.25) is 6.79 Å². The molecular formula is C31H38N2O11. The molecule has 3 rings (SSSR count). The van der Waals surface area contributed by atoms with E-state index in [1.165, 1.54) is 26.3 Å². The lowest BCUT2D eigenvalue weighted by Crippen LogP contribution is -2.47. The summed E-state index contributed by atoms with van der Waals surface area (Å²) in [5, 5.41) is 2.46. The number of carbonyl (C=O) groups is 5. The van der Waals surface area contributed by atoms with Gasteiger partial charge in [-0.05, 0) is 18.9 Å². The highest BCUT2D eigenvalue weighted by Gasteiger charge is 2.42. The Labute approximate surface area is 255 Å². The van der Waals surface area contributed by atoms with Gasteiger partial charge in [0, 0.05) is 12.3 Å². The third-order valence-electron chi connectivity index (χ3n) is 6.65. The molecule has 2 heterocycles. The van der Waals surface area contributed by atoms with Crippen molar-refractivity contribution < 1.29 is 52.4 Å². The fourth-order valence-electron chi connectivity index (χ4n) is 4.18. The highest BCUT2D eigenvalue weighted by atomic mass is 16.7. The van der Waals surface area contributed by atoms with Crippen LogP contribution in [0.15, 0.2) is 42.6 Å². The van der Waals surface area contributed by atoms with Crippen molar-refractivity contribution in [2.24, 2.45) is 17.8 Å². The Bertz CT molecular complexity index is 1330. The Morgan fingerprint density at radius 3 is 2.32 bits per heavy atom. The van der Waals surface area contributed by atoms with E-state index in [9.17, 15) is 24.0 Å². The van der Waals surface area contributed by atoms with Gasteiger partial charge in [-0.1, -0.05) is 58.0 Å². The van der Waals surface area contributed by atoms with Crippen LogP contribution in [0.25, 0.3) is 0 Å². The summed E-state index contributed by atoms with van der Waals surface area (Å²) >= 11 is 0. The van der Waals surface area contributed by atoms with Gasteiger partial charge in [0.25, 0.3) is 5.91 Å². The molecule has 44 heavy (non-hydrogen) atoms. The fraction of sp³-hybridized carbons (Fsp3) is 0.484. The number of esters is 4. The Balaban J connectivity index is 1.85. The van der Waals surface area contributed by atoms with E-state index in [2.05, 4.69) is 10.3 Å². The van der Waals surface area contributed by atoms with Crippen molar-refractivity contribution in [3.63, 3.8) is 0 Å². The number of nitrogens with zero attached hydrogens (tertiary/aromatic N) is 1. The molecule has 0 saturated carbocycles. The second kappa shape index (κ2) is 15.7. The molecule has 4 atom stereocenters. The number of pyridine rings is 1. The number of ether oxygens (including phenoxy) is 6. The topological polar surface area (TPSA) is 166 Å². The first-order valence-corrected chi connectivity index (χ1v) is 14.2. The van der Waals surface area contributed by atoms with Gasteiger partial charge in [0.05, 0.1) is 18.9 Å². The van der Waals surface area contributed by atoms with Gasteiger partial charge in [-0.15, -0.1) is 0 Å². The van der Waals surface area contributed by atoms with Gasteiger partial charge < -0.3 is 33.7 Å². The van der Waals surface area contributed by atoms with Crippen LogP contribution in [-0.4, -0.2) is 73.5 Å². The maximum atomic E-state index is 13.4. The van der Waals surface area contributed by atoms with Gasteiger partial charge in [0.15, 0.2) is 29.3 Å². The summed E-state index contributed by atoms with van der Waals surface area (Å²) in [5.74, 6) is -5.61. The van der Waals surface area contributed by atoms with Gasteiger partial charge in [-0.25, -0.2) is 9.78 Å². The third kappa shape index (κ3) is 8.91. The summed E-state index contributed by atoms with van der Waals surface area (Å²) in [6, 6.07) is 9.03. The molecular weight excluding hydrogens is 576 g/mol. The van der Waals surface area contributed by atoms with E-state index in [1.807, 2.05) is 18.2 Å². The summed E-state index contributed by atoms with van der Waals surface area (Å²) in [6.45, 7) is 6.98. The molecule has 1 N–H and O–H groups in total. The molecule has 2 unspecified atom stereocenters. The monoisotopic (exact) mass is 614 g/mol. The smallest absolute Gasteiger partial charge is 0.332 e. The highest BCUT2D eigenvalue weighted by molar-refractivity contribution is 5.98. The van der Waals surface area contributed by atoms with Crippen molar-refractivity contribution in [1.82, 2.24) is 10.3 Å². The van der Waals surface area contributed by atoms with Crippen molar-refractivity contribution in [3.05, 3.63) is 53.9 Å². The van der Waals surface area contributed by atoms with Crippen molar-refractivity contribution in [1.29, 1.82) is 0 Å². The van der Waals surface area contributed by atoms with E-state index in [4.69, 9.17) is 28.4 Å². The number of rotatable bonds is 11. The summed E-state index contributed by atoms with van der Waals surface area (Å²) in [4.78, 5) is 68.5. The molecule has 238 valence electrons. The Hall–Kier alpha value is -4.68. The van der Waals surface area contributed by atoms with Crippen molar-refractivity contribution in [2.75, 3.05) is 20.5 Å². The number of nitrogens with one attached hydrogen (secondary N) is 1. The number of benzene rings is 1. The van der Waals surface area contributed by atoms with Crippen LogP contribution < -0.4 is 14.8 Å². The van der Waals surface area contributed by atoms with Crippen molar-refractivity contribution in [2.45, 2.75) is 59.3 Å². The Kier molecular flexibility index (Phi) is 12.1. The first-order valence-electron chi connectivity index (χ1n) is 14.2. The van der Waals surface area contributed by atoms with E-state index >= 15 is 0 Å². The Morgan fingerprint density at radius 2 is 1.68 bits per heavy atom. The molecule has 13 nitrogen and oxygen atoms in total. The van der Waals surface area contributed by atoms with E-state index in [0.717, 1.165) is 5.56 Å². The van der Waals surface area contributed by atoms with Crippen LogP contribution in [0.3, 0.4) is 0 Å². The summed E-state index contributed by atoms with van der Waals surface area (Å²) < 4.78 is 32.6. The maximum absolute atomic E-state index is 13.4. The molecule has 0 spiro atoms. The zero-order valence-corrected chi connectivity index (χ0v) is 25.6. The predicted octanol–water partition coefficient (Wildman–Crippen LogP) is 2.64. The molecule has 1 saturated heterocycles. The lowest BCUT2D eigenvalue weighted by atomic mass is 9.91. The number of hydrogen-bond acceptors (Lipinski definition) is 12. The standard InChI is InChI=1S/C31H38N2O11/c1-17(2)28(35)42-16-41-26-23(39-6)12-13-32-24(26)27(34)33-22-15-40-30(37)21(14-20-10-8-7-9-11-20)25(19(5)43-31(22)38)44-29(36)18(3)4/h7-13,17-19,21-22,25H,14-16H2,1-6H3,(H,33,34)/t19?,21?,22-,25+/m1/s1. The normalized spacial score (nSPS) is 20.4. The minimum Gasteiger partial charge on any atom is -0.493 e. The van der Waals surface area contributed by atoms with Crippen LogP contribution in [0.2, 0.25) is 0 Å². The SMILES string of the molecule is COc1ccnc(C(=O)N[C@@H]2COC(=O)C(Cc3ccccc3)[C@@H](OC(=O)C(C)C)C(C)OC2=O)c1OCOC(=O)C(C)C. The second-order valence-corrected chi connectivity index (χ2v) is 10.7. The molecule has 2 aromatic rings. The molecule has 13 heteroatoms. The molecule has 1 aromatic heterocycles. The van der Waals surface area contributed by atoms with Crippen LogP contribution in [0.1, 0.15) is 50.7 Å². The molecule has 0 aliphatic carbocycles.